The van der Waals surface area contributed by atoms with Gasteiger partial charge in [0.15, 0.2) is 11.3 Å². The third-order valence-electron chi connectivity index (χ3n) is 4.22. The first kappa shape index (κ1) is 17.4. The first-order valence-electron chi connectivity index (χ1n) is 8.55. The van der Waals surface area contributed by atoms with Crippen LogP contribution >= 0.6 is 0 Å². The molecule has 138 valence electrons. The van der Waals surface area contributed by atoms with Crippen LogP contribution in [-0.4, -0.2) is 33.6 Å². The molecule has 1 N–H and O–H groups in total. The van der Waals surface area contributed by atoms with Crippen molar-refractivity contribution < 1.29 is 14.3 Å². The Labute approximate surface area is 160 Å². The van der Waals surface area contributed by atoms with Crippen molar-refractivity contribution >= 4 is 23.2 Å². The largest absolute Gasteiger partial charge is 0.465 e. The van der Waals surface area contributed by atoms with Gasteiger partial charge in [-0.2, -0.15) is 5.10 Å². The zero-order valence-corrected chi connectivity index (χ0v) is 15.0. The summed E-state index contributed by atoms with van der Waals surface area (Å²) in [6.07, 6.45) is 1.69. The fourth-order valence-electron chi connectivity index (χ4n) is 2.84. The van der Waals surface area contributed by atoms with Gasteiger partial charge in [-0.3, -0.25) is 4.79 Å². The number of rotatable bonds is 4. The number of ether oxygens (including phenoxy) is 1. The molecule has 2 aromatic heterocycles. The lowest BCUT2D eigenvalue weighted by Gasteiger charge is -2.05. The number of nitrogens with zero attached hydrogens (tertiary/aromatic N) is 3. The van der Waals surface area contributed by atoms with Gasteiger partial charge < -0.3 is 10.1 Å². The average molecular weight is 372 g/mol. The standard InChI is InChI=1S/C21H16N4O3/c1-28-21(27)15-7-9-16(10-8-15)23-20(26)17-13-19-22-12-11-18(25(19)24-17)14-5-3-2-4-6-14/h2-13H,1H3,(H,23,26). The molecule has 0 fully saturated rings. The number of hydrogen-bond acceptors (Lipinski definition) is 5. The number of carbonyl (C=O) groups is 2. The Bertz CT molecular complexity index is 1150. The van der Waals surface area contributed by atoms with Crippen molar-refractivity contribution in [3.8, 4) is 11.3 Å². The van der Waals surface area contributed by atoms with Gasteiger partial charge in [-0.25, -0.2) is 14.3 Å². The van der Waals surface area contributed by atoms with Crippen LogP contribution in [-0.2, 0) is 4.74 Å². The molecule has 2 aromatic carbocycles. The molecule has 0 aliphatic rings. The fourth-order valence-corrected chi connectivity index (χ4v) is 2.84. The number of nitrogens with one attached hydrogen (secondary N) is 1. The molecule has 0 atom stereocenters. The summed E-state index contributed by atoms with van der Waals surface area (Å²) in [5.41, 5.74) is 3.59. The predicted molar refractivity (Wildman–Crippen MR) is 104 cm³/mol. The molecular weight excluding hydrogens is 356 g/mol. The number of fused-ring (bicyclic) bond motifs is 1. The van der Waals surface area contributed by atoms with Gasteiger partial charge in [-0.15, -0.1) is 0 Å². The zero-order chi connectivity index (χ0) is 19.5. The van der Waals surface area contributed by atoms with Crippen LogP contribution in [0.2, 0.25) is 0 Å². The van der Waals surface area contributed by atoms with E-state index in [1.165, 1.54) is 7.11 Å². The molecule has 7 nitrogen and oxygen atoms in total. The molecule has 0 spiro atoms. The van der Waals surface area contributed by atoms with Gasteiger partial charge in [0.25, 0.3) is 5.91 Å². The van der Waals surface area contributed by atoms with Crippen molar-refractivity contribution in [3.05, 3.63) is 84.2 Å². The first-order chi connectivity index (χ1) is 13.7. The Morgan fingerprint density at radius 1 is 1.00 bits per heavy atom. The molecule has 0 unspecified atom stereocenters. The Morgan fingerprint density at radius 3 is 2.46 bits per heavy atom. The van der Waals surface area contributed by atoms with E-state index < -0.39 is 5.97 Å². The molecule has 0 radical (unpaired) electrons. The molecule has 4 rings (SSSR count). The van der Waals surface area contributed by atoms with Crippen molar-refractivity contribution in [1.82, 2.24) is 14.6 Å². The highest BCUT2D eigenvalue weighted by atomic mass is 16.5. The molecule has 2 heterocycles. The van der Waals surface area contributed by atoms with Gasteiger partial charge in [-0.05, 0) is 30.3 Å². The summed E-state index contributed by atoms with van der Waals surface area (Å²) >= 11 is 0. The van der Waals surface area contributed by atoms with Crippen LogP contribution in [0.25, 0.3) is 16.9 Å². The van der Waals surface area contributed by atoms with Crippen molar-refractivity contribution in [3.63, 3.8) is 0 Å². The molecule has 0 saturated carbocycles. The number of benzene rings is 2. The normalized spacial score (nSPS) is 10.6. The Balaban J connectivity index is 1.61. The maximum Gasteiger partial charge on any atom is 0.337 e. The molecule has 7 heteroatoms. The van der Waals surface area contributed by atoms with Crippen LogP contribution in [0.5, 0.6) is 0 Å². The second kappa shape index (κ2) is 7.32. The second-order valence-corrected chi connectivity index (χ2v) is 6.02. The topological polar surface area (TPSA) is 85.6 Å². The van der Waals surface area contributed by atoms with Crippen LogP contribution in [0.4, 0.5) is 5.69 Å². The van der Waals surface area contributed by atoms with Crippen molar-refractivity contribution in [2.45, 2.75) is 0 Å². The molecule has 0 aliphatic carbocycles. The average Bonchev–Trinajstić information content (AvgIpc) is 3.19. The molecule has 0 saturated heterocycles. The van der Waals surface area contributed by atoms with E-state index in [0.29, 0.717) is 16.9 Å². The summed E-state index contributed by atoms with van der Waals surface area (Å²) in [5, 5.41) is 7.18. The minimum atomic E-state index is -0.433. The van der Waals surface area contributed by atoms with E-state index in [1.807, 2.05) is 36.4 Å². The lowest BCUT2D eigenvalue weighted by atomic mass is 10.1. The van der Waals surface area contributed by atoms with E-state index >= 15 is 0 Å². The maximum atomic E-state index is 12.6. The SMILES string of the molecule is COC(=O)c1ccc(NC(=O)c2cc3nccc(-c4ccccc4)n3n2)cc1. The summed E-state index contributed by atoms with van der Waals surface area (Å²) in [7, 11) is 1.32. The van der Waals surface area contributed by atoms with E-state index in [-0.39, 0.29) is 11.6 Å². The number of esters is 1. The summed E-state index contributed by atoms with van der Waals surface area (Å²) < 4.78 is 6.31. The highest BCUT2D eigenvalue weighted by Crippen LogP contribution is 2.20. The van der Waals surface area contributed by atoms with E-state index in [2.05, 4.69) is 20.1 Å². The molecule has 0 aliphatic heterocycles. The van der Waals surface area contributed by atoms with E-state index in [0.717, 1.165) is 11.3 Å². The summed E-state index contributed by atoms with van der Waals surface area (Å²) in [6, 6.07) is 19.7. The first-order valence-corrected chi connectivity index (χ1v) is 8.55. The zero-order valence-electron chi connectivity index (χ0n) is 15.0. The predicted octanol–water partition coefficient (Wildman–Crippen LogP) is 3.44. The Hall–Kier alpha value is -4.00. The van der Waals surface area contributed by atoms with E-state index in [1.54, 1.807) is 41.0 Å². The van der Waals surface area contributed by atoms with Crippen LogP contribution in [0, 0.1) is 0 Å². The molecule has 4 aromatic rings. The lowest BCUT2D eigenvalue weighted by Crippen LogP contribution is -2.13. The Kier molecular flexibility index (Phi) is 4.55. The van der Waals surface area contributed by atoms with Crippen LogP contribution < -0.4 is 5.32 Å². The van der Waals surface area contributed by atoms with E-state index in [9.17, 15) is 9.59 Å². The van der Waals surface area contributed by atoms with Gasteiger partial charge in [0, 0.05) is 23.5 Å². The van der Waals surface area contributed by atoms with Crippen molar-refractivity contribution in [2.75, 3.05) is 12.4 Å². The van der Waals surface area contributed by atoms with Gasteiger partial charge in [0.05, 0.1) is 18.4 Å². The third kappa shape index (κ3) is 3.33. The lowest BCUT2D eigenvalue weighted by molar-refractivity contribution is 0.0600. The maximum absolute atomic E-state index is 12.6. The molecule has 28 heavy (non-hydrogen) atoms. The Morgan fingerprint density at radius 2 is 1.75 bits per heavy atom. The second-order valence-electron chi connectivity index (χ2n) is 6.02. The number of carbonyl (C=O) groups excluding carboxylic acids is 2. The van der Waals surface area contributed by atoms with Crippen molar-refractivity contribution in [2.24, 2.45) is 0 Å². The summed E-state index contributed by atoms with van der Waals surface area (Å²) in [6.45, 7) is 0. The quantitative estimate of drug-likeness (QED) is 0.555. The highest BCUT2D eigenvalue weighted by molar-refractivity contribution is 6.03. The minimum Gasteiger partial charge on any atom is -0.465 e. The fraction of sp³-hybridized carbons (Fsp3) is 0.0476. The highest BCUT2D eigenvalue weighted by Gasteiger charge is 2.14. The van der Waals surface area contributed by atoms with Gasteiger partial charge in [0.2, 0.25) is 0 Å². The van der Waals surface area contributed by atoms with Gasteiger partial charge in [0.1, 0.15) is 0 Å². The monoisotopic (exact) mass is 372 g/mol. The smallest absolute Gasteiger partial charge is 0.337 e. The molecule has 0 bridgehead atoms. The number of hydrogen-bond donors (Lipinski definition) is 1. The molecule has 1 amide bonds. The third-order valence-corrected chi connectivity index (χ3v) is 4.22. The van der Waals surface area contributed by atoms with Crippen LogP contribution in [0.15, 0.2) is 72.9 Å². The number of aromatic nitrogens is 3. The van der Waals surface area contributed by atoms with Crippen LogP contribution in [0.3, 0.4) is 0 Å². The summed E-state index contributed by atoms with van der Waals surface area (Å²) in [5.74, 6) is -0.798. The van der Waals surface area contributed by atoms with Crippen LogP contribution in [0.1, 0.15) is 20.8 Å². The summed E-state index contributed by atoms with van der Waals surface area (Å²) in [4.78, 5) is 28.4. The number of methoxy groups -OCH3 is 1. The minimum absolute atomic E-state index is 0.243. The van der Waals surface area contributed by atoms with E-state index in [4.69, 9.17) is 0 Å². The molecular formula is C21H16N4O3. The van der Waals surface area contributed by atoms with Crippen molar-refractivity contribution in [1.29, 1.82) is 0 Å². The number of anilines is 1. The van der Waals surface area contributed by atoms with Gasteiger partial charge >= 0.3 is 5.97 Å². The number of amides is 1. The van der Waals surface area contributed by atoms with Gasteiger partial charge in [-0.1, -0.05) is 30.3 Å².